The summed E-state index contributed by atoms with van der Waals surface area (Å²) < 4.78 is 0. The van der Waals surface area contributed by atoms with Gasteiger partial charge in [0.25, 0.3) is 0 Å². The predicted octanol–water partition coefficient (Wildman–Crippen LogP) is 2.15. The second-order valence-corrected chi connectivity index (χ2v) is 6.99. The Bertz CT molecular complexity index is 314. The zero-order valence-corrected chi connectivity index (χ0v) is 13.9. The van der Waals surface area contributed by atoms with Gasteiger partial charge in [0, 0.05) is 25.7 Å². The van der Waals surface area contributed by atoms with E-state index in [1.165, 1.54) is 25.7 Å². The SMILES string of the molecule is CCCC1(C(=O)NCCN(C)C2CCCC2)CCCNC1. The number of carbonyl (C=O) groups is 1. The van der Waals surface area contributed by atoms with Crippen molar-refractivity contribution in [1.82, 2.24) is 15.5 Å². The zero-order valence-electron chi connectivity index (χ0n) is 13.9. The lowest BCUT2D eigenvalue weighted by molar-refractivity contribution is -0.132. The number of amides is 1. The molecular weight excluding hydrogens is 262 g/mol. The van der Waals surface area contributed by atoms with Crippen molar-refractivity contribution in [3.8, 4) is 0 Å². The van der Waals surface area contributed by atoms with E-state index in [9.17, 15) is 4.79 Å². The number of hydrogen-bond acceptors (Lipinski definition) is 3. The molecule has 1 atom stereocenters. The van der Waals surface area contributed by atoms with Gasteiger partial charge < -0.3 is 15.5 Å². The van der Waals surface area contributed by atoms with E-state index >= 15 is 0 Å². The maximum Gasteiger partial charge on any atom is 0.227 e. The molecule has 21 heavy (non-hydrogen) atoms. The molecule has 2 rings (SSSR count). The topological polar surface area (TPSA) is 44.4 Å². The van der Waals surface area contributed by atoms with Gasteiger partial charge in [0.1, 0.15) is 0 Å². The largest absolute Gasteiger partial charge is 0.354 e. The van der Waals surface area contributed by atoms with Crippen LogP contribution in [0.25, 0.3) is 0 Å². The Hall–Kier alpha value is -0.610. The van der Waals surface area contributed by atoms with Gasteiger partial charge in [0.2, 0.25) is 5.91 Å². The third-order valence-electron chi connectivity index (χ3n) is 5.38. The summed E-state index contributed by atoms with van der Waals surface area (Å²) in [6.45, 7) is 5.86. The van der Waals surface area contributed by atoms with Crippen LogP contribution in [-0.4, -0.2) is 50.1 Å². The summed E-state index contributed by atoms with van der Waals surface area (Å²) in [7, 11) is 2.20. The third-order valence-corrected chi connectivity index (χ3v) is 5.38. The summed E-state index contributed by atoms with van der Waals surface area (Å²) in [4.78, 5) is 15.1. The van der Waals surface area contributed by atoms with Crippen molar-refractivity contribution < 1.29 is 4.79 Å². The highest BCUT2D eigenvalue weighted by molar-refractivity contribution is 5.83. The molecule has 1 saturated carbocycles. The Labute approximate surface area is 130 Å². The molecule has 0 radical (unpaired) electrons. The van der Waals surface area contributed by atoms with Crippen molar-refractivity contribution in [3.63, 3.8) is 0 Å². The number of piperidine rings is 1. The van der Waals surface area contributed by atoms with Crippen LogP contribution in [0, 0.1) is 5.41 Å². The molecule has 2 N–H and O–H groups in total. The third kappa shape index (κ3) is 4.43. The molecule has 1 aliphatic carbocycles. The van der Waals surface area contributed by atoms with E-state index in [0.29, 0.717) is 0 Å². The van der Waals surface area contributed by atoms with Crippen molar-refractivity contribution in [2.24, 2.45) is 5.41 Å². The molecule has 2 fully saturated rings. The van der Waals surface area contributed by atoms with E-state index in [-0.39, 0.29) is 11.3 Å². The second-order valence-electron chi connectivity index (χ2n) is 6.99. The Balaban J connectivity index is 1.76. The molecule has 0 aromatic rings. The molecule has 0 aromatic carbocycles. The van der Waals surface area contributed by atoms with Crippen LogP contribution >= 0.6 is 0 Å². The first kappa shape index (κ1) is 16.8. The second kappa shape index (κ2) is 8.14. The molecule has 1 amide bonds. The Morgan fingerprint density at radius 3 is 2.71 bits per heavy atom. The fraction of sp³-hybridized carbons (Fsp3) is 0.941. The van der Waals surface area contributed by atoms with Crippen molar-refractivity contribution >= 4 is 5.91 Å². The number of likely N-dealkylation sites (N-methyl/N-ethyl adjacent to an activating group) is 1. The molecule has 1 heterocycles. The normalized spacial score (nSPS) is 27.2. The van der Waals surface area contributed by atoms with Crippen LogP contribution in [0.5, 0.6) is 0 Å². The van der Waals surface area contributed by atoms with Gasteiger partial charge in [-0.2, -0.15) is 0 Å². The minimum absolute atomic E-state index is 0.154. The molecule has 0 aromatic heterocycles. The van der Waals surface area contributed by atoms with Gasteiger partial charge in [0.05, 0.1) is 5.41 Å². The van der Waals surface area contributed by atoms with Crippen LogP contribution in [0.3, 0.4) is 0 Å². The number of carbonyl (C=O) groups excluding carboxylic acids is 1. The average Bonchev–Trinajstić information content (AvgIpc) is 3.02. The van der Waals surface area contributed by atoms with Gasteiger partial charge in [-0.15, -0.1) is 0 Å². The highest BCUT2D eigenvalue weighted by atomic mass is 16.2. The number of hydrogen-bond donors (Lipinski definition) is 2. The maximum atomic E-state index is 12.6. The molecule has 1 unspecified atom stereocenters. The Morgan fingerprint density at radius 2 is 2.10 bits per heavy atom. The van der Waals surface area contributed by atoms with Crippen LogP contribution in [0.15, 0.2) is 0 Å². The molecule has 122 valence electrons. The highest BCUT2D eigenvalue weighted by Crippen LogP contribution is 2.31. The van der Waals surface area contributed by atoms with Crippen LogP contribution in [0.4, 0.5) is 0 Å². The number of nitrogens with zero attached hydrogens (tertiary/aromatic N) is 1. The van der Waals surface area contributed by atoms with E-state index < -0.39 is 0 Å². The van der Waals surface area contributed by atoms with Gasteiger partial charge in [-0.3, -0.25) is 4.79 Å². The summed E-state index contributed by atoms with van der Waals surface area (Å²) in [5, 5.41) is 6.63. The Kier molecular flexibility index (Phi) is 6.49. The molecular formula is C17H33N3O. The molecule has 1 aliphatic heterocycles. The summed E-state index contributed by atoms with van der Waals surface area (Å²) in [5.74, 6) is 0.274. The van der Waals surface area contributed by atoms with Gasteiger partial charge >= 0.3 is 0 Å². The molecule has 2 aliphatic rings. The van der Waals surface area contributed by atoms with Crippen molar-refractivity contribution in [1.29, 1.82) is 0 Å². The standard InChI is InChI=1S/C17H33N3O/c1-3-9-17(10-6-11-18-14-17)16(21)19-12-13-20(2)15-7-4-5-8-15/h15,18H,3-14H2,1-2H3,(H,19,21). The first-order valence-electron chi connectivity index (χ1n) is 8.87. The fourth-order valence-electron chi connectivity index (χ4n) is 4.03. The maximum absolute atomic E-state index is 12.6. The van der Waals surface area contributed by atoms with Gasteiger partial charge in [0.15, 0.2) is 0 Å². The lowest BCUT2D eigenvalue weighted by atomic mass is 9.76. The predicted molar refractivity (Wildman–Crippen MR) is 87.3 cm³/mol. The molecule has 1 saturated heterocycles. The van der Waals surface area contributed by atoms with Crippen LogP contribution in [0.1, 0.15) is 58.3 Å². The quantitative estimate of drug-likeness (QED) is 0.756. The number of rotatable bonds is 7. The van der Waals surface area contributed by atoms with Crippen molar-refractivity contribution in [3.05, 3.63) is 0 Å². The van der Waals surface area contributed by atoms with E-state index in [4.69, 9.17) is 0 Å². The molecule has 0 bridgehead atoms. The first-order chi connectivity index (χ1) is 10.2. The van der Waals surface area contributed by atoms with E-state index in [2.05, 4.69) is 29.5 Å². The lowest BCUT2D eigenvalue weighted by Gasteiger charge is -2.36. The summed E-state index contributed by atoms with van der Waals surface area (Å²) >= 11 is 0. The summed E-state index contributed by atoms with van der Waals surface area (Å²) in [6.07, 6.45) is 9.64. The van der Waals surface area contributed by atoms with Gasteiger partial charge in [-0.25, -0.2) is 0 Å². The fourth-order valence-corrected chi connectivity index (χ4v) is 4.03. The minimum atomic E-state index is -0.154. The van der Waals surface area contributed by atoms with Crippen LogP contribution in [-0.2, 0) is 4.79 Å². The molecule has 4 heteroatoms. The van der Waals surface area contributed by atoms with Gasteiger partial charge in [-0.05, 0) is 45.7 Å². The van der Waals surface area contributed by atoms with Crippen LogP contribution < -0.4 is 10.6 Å². The zero-order chi connectivity index (χ0) is 15.1. The molecule has 4 nitrogen and oxygen atoms in total. The average molecular weight is 295 g/mol. The summed E-state index contributed by atoms with van der Waals surface area (Å²) in [6, 6.07) is 0.739. The Morgan fingerprint density at radius 1 is 1.33 bits per heavy atom. The highest BCUT2D eigenvalue weighted by Gasteiger charge is 2.38. The van der Waals surface area contributed by atoms with Crippen LogP contribution in [0.2, 0.25) is 0 Å². The van der Waals surface area contributed by atoms with Crippen molar-refractivity contribution in [2.45, 2.75) is 64.3 Å². The van der Waals surface area contributed by atoms with Gasteiger partial charge in [-0.1, -0.05) is 26.2 Å². The monoisotopic (exact) mass is 295 g/mol. The number of nitrogens with one attached hydrogen (secondary N) is 2. The minimum Gasteiger partial charge on any atom is -0.354 e. The van der Waals surface area contributed by atoms with E-state index in [1.54, 1.807) is 0 Å². The smallest absolute Gasteiger partial charge is 0.227 e. The molecule has 0 spiro atoms. The summed E-state index contributed by atoms with van der Waals surface area (Å²) in [5.41, 5.74) is -0.154. The first-order valence-corrected chi connectivity index (χ1v) is 8.87. The van der Waals surface area contributed by atoms with Crippen molar-refractivity contribution in [2.75, 3.05) is 33.2 Å². The van der Waals surface area contributed by atoms with E-state index in [1.807, 2.05) is 0 Å². The van der Waals surface area contributed by atoms with E-state index in [0.717, 1.165) is 57.9 Å². The lowest BCUT2D eigenvalue weighted by Crippen LogP contribution is -2.51.